The van der Waals surface area contributed by atoms with Crippen LogP contribution in [0.4, 0.5) is 0 Å². The molecule has 0 bridgehead atoms. The molecule has 0 aliphatic heterocycles. The molecule has 2 nitrogen and oxygen atoms in total. The van der Waals surface area contributed by atoms with Gasteiger partial charge in [-0.25, -0.2) is 0 Å². The minimum absolute atomic E-state index is 0.135. The average Bonchev–Trinajstić information content (AvgIpc) is 2.75. The van der Waals surface area contributed by atoms with Crippen LogP contribution in [0.25, 0.3) is 0 Å². The Morgan fingerprint density at radius 3 is 1.23 bits per heavy atom. The normalized spacial score (nSPS) is 12.2. The highest BCUT2D eigenvalue weighted by atomic mass is 16.1. The van der Waals surface area contributed by atoms with Gasteiger partial charge in [-0.15, -0.1) is 0 Å². The summed E-state index contributed by atoms with van der Waals surface area (Å²) in [5.41, 5.74) is 0. The Bertz CT molecular complexity index is 364. The molecule has 0 heterocycles. The van der Waals surface area contributed by atoms with Crippen molar-refractivity contribution < 1.29 is 9.59 Å². The largest absolute Gasteiger partial charge is 0.299 e. The van der Waals surface area contributed by atoms with Gasteiger partial charge in [-0.3, -0.25) is 9.59 Å². The Labute approximate surface area is 189 Å². The van der Waals surface area contributed by atoms with Crippen LogP contribution in [0.15, 0.2) is 0 Å². The van der Waals surface area contributed by atoms with Crippen LogP contribution in [0, 0.1) is 5.92 Å². The van der Waals surface area contributed by atoms with E-state index >= 15 is 0 Å². The van der Waals surface area contributed by atoms with Crippen molar-refractivity contribution in [2.45, 2.75) is 162 Å². The molecule has 0 N–H and O–H groups in total. The van der Waals surface area contributed by atoms with E-state index in [-0.39, 0.29) is 5.78 Å². The Balaban J connectivity index is 3.46. The first-order valence-corrected chi connectivity index (χ1v) is 13.7. The van der Waals surface area contributed by atoms with Gasteiger partial charge in [-0.05, 0) is 12.8 Å². The molecule has 0 aliphatic rings. The maximum atomic E-state index is 12.3. The van der Waals surface area contributed by atoms with E-state index in [9.17, 15) is 9.59 Å². The topological polar surface area (TPSA) is 34.1 Å². The number of hydrogen-bond donors (Lipinski definition) is 0. The molecule has 30 heavy (non-hydrogen) atoms. The minimum Gasteiger partial charge on any atom is -0.299 e. The Morgan fingerprint density at radius 2 is 0.867 bits per heavy atom. The SMILES string of the molecule is CCCCCCCCCCCCCCC([C]=O)C(=O)CCCCCCCCCCC. The van der Waals surface area contributed by atoms with Gasteiger partial charge in [-0.2, -0.15) is 0 Å². The highest BCUT2D eigenvalue weighted by Gasteiger charge is 2.17. The standard InChI is InChI=1S/C28H53O2/c1-3-5-7-9-11-13-14-15-17-18-20-22-24-27(26-29)28(30)25-23-21-19-16-12-10-8-6-4-2/h27H,3-25H2,1-2H3. The monoisotopic (exact) mass is 421 g/mol. The number of hydrogen-bond acceptors (Lipinski definition) is 2. The Morgan fingerprint density at radius 1 is 0.533 bits per heavy atom. The third-order valence-corrected chi connectivity index (χ3v) is 6.40. The van der Waals surface area contributed by atoms with Crippen molar-refractivity contribution in [3.63, 3.8) is 0 Å². The lowest BCUT2D eigenvalue weighted by atomic mass is 9.94. The van der Waals surface area contributed by atoms with E-state index in [0.29, 0.717) is 6.42 Å². The fourth-order valence-corrected chi connectivity index (χ4v) is 4.26. The highest BCUT2D eigenvalue weighted by molar-refractivity contribution is 5.93. The van der Waals surface area contributed by atoms with Crippen LogP contribution in [0.2, 0.25) is 0 Å². The lowest BCUT2D eigenvalue weighted by Crippen LogP contribution is -2.15. The van der Waals surface area contributed by atoms with Gasteiger partial charge < -0.3 is 0 Å². The number of ketones is 1. The molecule has 0 aromatic carbocycles. The summed E-state index contributed by atoms with van der Waals surface area (Å²) in [6.45, 7) is 4.52. The van der Waals surface area contributed by atoms with E-state index in [0.717, 1.165) is 32.1 Å². The Hall–Kier alpha value is -0.660. The fourth-order valence-electron chi connectivity index (χ4n) is 4.26. The summed E-state index contributed by atoms with van der Waals surface area (Å²) in [6, 6.07) is 0. The van der Waals surface area contributed by atoms with Gasteiger partial charge in [0.2, 0.25) is 6.29 Å². The highest BCUT2D eigenvalue weighted by Crippen LogP contribution is 2.17. The molecule has 1 radical (unpaired) electrons. The number of rotatable bonds is 25. The molecule has 0 amide bonds. The van der Waals surface area contributed by atoms with Crippen molar-refractivity contribution >= 4 is 12.1 Å². The van der Waals surface area contributed by atoms with Gasteiger partial charge in [0.1, 0.15) is 5.78 Å². The molecule has 0 spiro atoms. The smallest absolute Gasteiger partial charge is 0.209 e. The van der Waals surface area contributed by atoms with E-state index in [1.807, 2.05) is 6.29 Å². The van der Waals surface area contributed by atoms with E-state index in [1.165, 1.54) is 109 Å². The first-order valence-electron chi connectivity index (χ1n) is 13.7. The van der Waals surface area contributed by atoms with Crippen LogP contribution >= 0.6 is 0 Å². The molecular weight excluding hydrogens is 368 g/mol. The molecule has 0 fully saturated rings. The quantitative estimate of drug-likeness (QED) is 0.109. The minimum atomic E-state index is -0.456. The predicted molar refractivity (Wildman–Crippen MR) is 132 cm³/mol. The molecule has 1 atom stereocenters. The summed E-state index contributed by atoms with van der Waals surface area (Å²) in [7, 11) is 0. The molecule has 0 rings (SSSR count). The van der Waals surface area contributed by atoms with Crippen molar-refractivity contribution in [2.24, 2.45) is 5.92 Å². The summed E-state index contributed by atoms with van der Waals surface area (Å²) in [4.78, 5) is 23.4. The second-order valence-electron chi connectivity index (χ2n) is 9.39. The molecule has 0 aliphatic carbocycles. The van der Waals surface area contributed by atoms with Gasteiger partial charge in [0.25, 0.3) is 0 Å². The summed E-state index contributed by atoms with van der Waals surface area (Å²) in [5.74, 6) is -0.321. The average molecular weight is 422 g/mol. The maximum absolute atomic E-state index is 12.3. The zero-order valence-corrected chi connectivity index (χ0v) is 20.7. The van der Waals surface area contributed by atoms with Crippen molar-refractivity contribution in [1.82, 2.24) is 0 Å². The van der Waals surface area contributed by atoms with Crippen LogP contribution in [0.5, 0.6) is 0 Å². The number of carbonyl (C=O) groups is 1. The van der Waals surface area contributed by atoms with Crippen LogP contribution in [-0.4, -0.2) is 12.1 Å². The first kappa shape index (κ1) is 29.3. The molecule has 0 saturated heterocycles. The van der Waals surface area contributed by atoms with E-state index in [1.54, 1.807) is 0 Å². The van der Waals surface area contributed by atoms with E-state index in [4.69, 9.17) is 0 Å². The van der Waals surface area contributed by atoms with Crippen LogP contribution in [0.1, 0.15) is 162 Å². The zero-order chi connectivity index (χ0) is 22.1. The number of unbranched alkanes of at least 4 members (excludes halogenated alkanes) is 19. The van der Waals surface area contributed by atoms with Crippen LogP contribution in [0.3, 0.4) is 0 Å². The van der Waals surface area contributed by atoms with Gasteiger partial charge in [-0.1, -0.05) is 142 Å². The van der Waals surface area contributed by atoms with Crippen LogP contribution in [-0.2, 0) is 9.59 Å². The molecule has 0 saturated carbocycles. The molecule has 2 heteroatoms. The third-order valence-electron chi connectivity index (χ3n) is 6.40. The molecule has 0 aromatic rings. The van der Waals surface area contributed by atoms with E-state index < -0.39 is 5.92 Å². The summed E-state index contributed by atoms with van der Waals surface area (Å²) in [6.07, 6.45) is 30.4. The van der Waals surface area contributed by atoms with Crippen molar-refractivity contribution in [3.8, 4) is 0 Å². The molecule has 177 valence electrons. The van der Waals surface area contributed by atoms with Crippen molar-refractivity contribution in [1.29, 1.82) is 0 Å². The van der Waals surface area contributed by atoms with Gasteiger partial charge in [0.05, 0.1) is 5.92 Å². The third kappa shape index (κ3) is 20.6. The number of carbonyl (C=O) groups excluding carboxylic acids is 2. The molecule has 1 unspecified atom stereocenters. The zero-order valence-electron chi connectivity index (χ0n) is 20.7. The summed E-state index contributed by atoms with van der Waals surface area (Å²) < 4.78 is 0. The summed E-state index contributed by atoms with van der Waals surface area (Å²) in [5, 5.41) is 0. The second-order valence-corrected chi connectivity index (χ2v) is 9.39. The van der Waals surface area contributed by atoms with Gasteiger partial charge in [0, 0.05) is 6.42 Å². The van der Waals surface area contributed by atoms with E-state index in [2.05, 4.69) is 13.8 Å². The summed E-state index contributed by atoms with van der Waals surface area (Å²) >= 11 is 0. The second kappa shape index (κ2) is 24.6. The molecule has 0 aromatic heterocycles. The number of Topliss-reactive ketones (excluding diaryl/α,β-unsaturated/α-hetero) is 1. The first-order chi connectivity index (χ1) is 14.8. The molecular formula is C28H53O2. The predicted octanol–water partition coefficient (Wildman–Crippen LogP) is 9.29. The fraction of sp³-hybridized carbons (Fsp3) is 0.929. The van der Waals surface area contributed by atoms with Crippen LogP contribution < -0.4 is 0 Å². The van der Waals surface area contributed by atoms with Gasteiger partial charge in [0.15, 0.2) is 0 Å². The van der Waals surface area contributed by atoms with Crippen molar-refractivity contribution in [2.75, 3.05) is 0 Å². The lowest BCUT2D eigenvalue weighted by molar-refractivity contribution is -0.121. The lowest BCUT2D eigenvalue weighted by Gasteiger charge is -2.09. The Kier molecular flexibility index (Phi) is 24.1. The van der Waals surface area contributed by atoms with Gasteiger partial charge >= 0.3 is 0 Å². The maximum Gasteiger partial charge on any atom is 0.209 e. The van der Waals surface area contributed by atoms with Crippen molar-refractivity contribution in [3.05, 3.63) is 0 Å².